The lowest BCUT2D eigenvalue weighted by Crippen LogP contribution is -2.31. The number of fused-ring (bicyclic) bond motifs is 5. The second-order valence-corrected chi connectivity index (χ2v) is 5.18. The van der Waals surface area contributed by atoms with Crippen LogP contribution in [0.4, 0.5) is 0 Å². The number of rotatable bonds is 2. The van der Waals surface area contributed by atoms with Gasteiger partial charge in [0.05, 0.1) is 0 Å². The first kappa shape index (κ1) is 9.44. The molecule has 0 N–H and O–H groups in total. The van der Waals surface area contributed by atoms with Gasteiger partial charge in [0.2, 0.25) is 0 Å². The van der Waals surface area contributed by atoms with Gasteiger partial charge in [0.15, 0.2) is 0 Å². The van der Waals surface area contributed by atoms with Gasteiger partial charge < -0.3 is 4.74 Å². The van der Waals surface area contributed by atoms with Crippen molar-refractivity contribution in [1.82, 2.24) is 0 Å². The van der Waals surface area contributed by atoms with Crippen LogP contribution >= 0.6 is 0 Å². The fourth-order valence-corrected chi connectivity index (χ4v) is 3.87. The highest BCUT2D eigenvalue weighted by Gasteiger charge is 2.53. The van der Waals surface area contributed by atoms with E-state index in [2.05, 4.69) is 12.2 Å². The van der Waals surface area contributed by atoms with Crippen LogP contribution < -0.4 is 0 Å². The summed E-state index contributed by atoms with van der Waals surface area (Å²) in [6, 6.07) is 0. The van der Waals surface area contributed by atoms with Crippen molar-refractivity contribution in [3.63, 3.8) is 0 Å². The van der Waals surface area contributed by atoms with Gasteiger partial charge in [0.25, 0.3) is 0 Å². The maximum atomic E-state index is 11.3. The molecular weight excluding hydrogens is 188 g/mol. The molecule has 82 valence electrons. The van der Waals surface area contributed by atoms with Crippen LogP contribution in [0.2, 0.25) is 0 Å². The van der Waals surface area contributed by atoms with E-state index in [1.807, 2.05) is 6.92 Å². The van der Waals surface area contributed by atoms with E-state index in [9.17, 15) is 4.79 Å². The Kier molecular flexibility index (Phi) is 2.11. The zero-order chi connectivity index (χ0) is 10.4. The van der Waals surface area contributed by atoms with Crippen molar-refractivity contribution in [2.45, 2.75) is 38.7 Å². The number of allylic oxidation sites excluding steroid dienone is 2. The molecule has 0 unspecified atom stereocenters. The van der Waals surface area contributed by atoms with Gasteiger partial charge in [-0.25, -0.2) is 0 Å². The van der Waals surface area contributed by atoms with Crippen molar-refractivity contribution in [2.75, 3.05) is 0 Å². The predicted octanol–water partition coefficient (Wildman–Crippen LogP) is 2.54. The standard InChI is InChI=1S/C13H18O2/c1-2-13(14)15-12-7-8-6-11(12)10-5-3-4-9(8)10/h3,5,8-12H,2,4,6-7H2,1H3/t8-,9-,10+,11+,12-/m0/s1. The molecule has 2 saturated carbocycles. The van der Waals surface area contributed by atoms with Gasteiger partial charge in [-0.2, -0.15) is 0 Å². The quantitative estimate of drug-likeness (QED) is 0.512. The first-order valence-corrected chi connectivity index (χ1v) is 6.15. The van der Waals surface area contributed by atoms with Gasteiger partial charge in [0, 0.05) is 12.3 Å². The molecule has 0 aliphatic heterocycles. The number of hydrogen-bond donors (Lipinski definition) is 0. The molecule has 0 spiro atoms. The average molecular weight is 206 g/mol. The van der Waals surface area contributed by atoms with E-state index in [-0.39, 0.29) is 12.1 Å². The summed E-state index contributed by atoms with van der Waals surface area (Å²) < 4.78 is 5.53. The normalized spacial score (nSPS) is 45.8. The molecule has 15 heavy (non-hydrogen) atoms. The largest absolute Gasteiger partial charge is 0.462 e. The van der Waals surface area contributed by atoms with Crippen molar-refractivity contribution in [3.05, 3.63) is 12.2 Å². The average Bonchev–Trinajstić information content (AvgIpc) is 2.87. The Labute approximate surface area is 90.7 Å². The van der Waals surface area contributed by atoms with Crippen LogP contribution in [0.25, 0.3) is 0 Å². The van der Waals surface area contributed by atoms with E-state index in [4.69, 9.17) is 4.74 Å². The monoisotopic (exact) mass is 206 g/mol. The maximum Gasteiger partial charge on any atom is 0.305 e. The molecule has 2 heteroatoms. The van der Waals surface area contributed by atoms with E-state index in [1.165, 1.54) is 12.8 Å². The van der Waals surface area contributed by atoms with Crippen LogP contribution in [0.3, 0.4) is 0 Å². The third-order valence-corrected chi connectivity index (χ3v) is 4.52. The molecule has 0 saturated heterocycles. The Balaban J connectivity index is 1.70. The third kappa shape index (κ3) is 1.34. The summed E-state index contributed by atoms with van der Waals surface area (Å²) in [5.41, 5.74) is 0. The third-order valence-electron chi connectivity index (χ3n) is 4.52. The Bertz CT molecular complexity index is 308. The molecule has 0 radical (unpaired) electrons. The molecule has 0 aromatic rings. The molecule has 2 bridgehead atoms. The molecule has 2 fully saturated rings. The molecule has 5 atom stereocenters. The van der Waals surface area contributed by atoms with Crippen LogP contribution in [-0.2, 0) is 9.53 Å². The Morgan fingerprint density at radius 2 is 2.27 bits per heavy atom. The minimum Gasteiger partial charge on any atom is -0.462 e. The molecule has 3 aliphatic rings. The van der Waals surface area contributed by atoms with Crippen molar-refractivity contribution < 1.29 is 9.53 Å². The molecular formula is C13H18O2. The fourth-order valence-electron chi connectivity index (χ4n) is 3.87. The lowest BCUT2D eigenvalue weighted by Gasteiger charge is -2.30. The SMILES string of the molecule is CCC(=O)O[C@H]1C[C@@H]2C[C@@H]1[C@@H]1C=CC[C@@H]21. The highest BCUT2D eigenvalue weighted by atomic mass is 16.5. The van der Waals surface area contributed by atoms with Gasteiger partial charge in [-0.1, -0.05) is 19.1 Å². The Morgan fingerprint density at radius 3 is 3.07 bits per heavy atom. The number of hydrogen-bond acceptors (Lipinski definition) is 2. The minimum absolute atomic E-state index is 0.0222. The smallest absolute Gasteiger partial charge is 0.305 e. The number of esters is 1. The molecule has 3 rings (SSSR count). The molecule has 0 amide bonds. The zero-order valence-corrected chi connectivity index (χ0v) is 9.19. The zero-order valence-electron chi connectivity index (χ0n) is 9.19. The molecule has 0 aromatic heterocycles. The van der Waals surface area contributed by atoms with Crippen LogP contribution in [0.15, 0.2) is 12.2 Å². The van der Waals surface area contributed by atoms with E-state index < -0.39 is 0 Å². The highest BCUT2D eigenvalue weighted by Crippen LogP contribution is 2.57. The summed E-state index contributed by atoms with van der Waals surface area (Å²) in [4.78, 5) is 11.3. The summed E-state index contributed by atoms with van der Waals surface area (Å²) in [5.74, 6) is 3.04. The number of carbonyl (C=O) groups is 1. The highest BCUT2D eigenvalue weighted by molar-refractivity contribution is 5.69. The summed E-state index contributed by atoms with van der Waals surface area (Å²) in [6.07, 6.45) is 9.10. The molecule has 0 aromatic carbocycles. The van der Waals surface area contributed by atoms with Crippen molar-refractivity contribution >= 4 is 5.97 Å². The van der Waals surface area contributed by atoms with Crippen LogP contribution in [-0.4, -0.2) is 12.1 Å². The molecule has 3 aliphatic carbocycles. The second-order valence-electron chi connectivity index (χ2n) is 5.18. The van der Waals surface area contributed by atoms with Gasteiger partial charge in [-0.3, -0.25) is 4.79 Å². The summed E-state index contributed by atoms with van der Waals surface area (Å²) in [5, 5.41) is 0. The van der Waals surface area contributed by atoms with Gasteiger partial charge in [0.1, 0.15) is 6.10 Å². The maximum absolute atomic E-state index is 11.3. The van der Waals surface area contributed by atoms with Crippen LogP contribution in [0.5, 0.6) is 0 Å². The van der Waals surface area contributed by atoms with Crippen molar-refractivity contribution in [1.29, 1.82) is 0 Å². The van der Waals surface area contributed by atoms with E-state index in [0.717, 1.165) is 24.2 Å². The molecule has 2 nitrogen and oxygen atoms in total. The van der Waals surface area contributed by atoms with Gasteiger partial charge in [-0.05, 0) is 37.0 Å². The summed E-state index contributed by atoms with van der Waals surface area (Å²) >= 11 is 0. The van der Waals surface area contributed by atoms with E-state index >= 15 is 0 Å². The topological polar surface area (TPSA) is 26.3 Å². The van der Waals surface area contributed by atoms with Crippen molar-refractivity contribution in [2.24, 2.45) is 23.7 Å². The van der Waals surface area contributed by atoms with Gasteiger partial charge >= 0.3 is 5.97 Å². The lowest BCUT2D eigenvalue weighted by atomic mass is 9.80. The first-order chi connectivity index (χ1) is 7.29. The van der Waals surface area contributed by atoms with E-state index in [0.29, 0.717) is 12.3 Å². The Morgan fingerprint density at radius 1 is 1.40 bits per heavy atom. The summed E-state index contributed by atoms with van der Waals surface area (Å²) in [7, 11) is 0. The second kappa shape index (κ2) is 3.36. The lowest BCUT2D eigenvalue weighted by molar-refractivity contribution is -0.152. The number of ether oxygens (including phenoxy) is 1. The first-order valence-electron chi connectivity index (χ1n) is 6.15. The minimum atomic E-state index is -0.0222. The van der Waals surface area contributed by atoms with Crippen LogP contribution in [0, 0.1) is 23.7 Å². The Hall–Kier alpha value is -0.790. The van der Waals surface area contributed by atoms with Crippen LogP contribution in [0.1, 0.15) is 32.6 Å². The van der Waals surface area contributed by atoms with E-state index in [1.54, 1.807) is 0 Å². The predicted molar refractivity (Wildman–Crippen MR) is 57.1 cm³/mol. The van der Waals surface area contributed by atoms with Crippen molar-refractivity contribution in [3.8, 4) is 0 Å². The number of carbonyl (C=O) groups excluding carboxylic acids is 1. The summed E-state index contributed by atoms with van der Waals surface area (Å²) in [6.45, 7) is 1.87. The fraction of sp³-hybridized carbons (Fsp3) is 0.769. The molecule has 0 heterocycles. The van der Waals surface area contributed by atoms with Gasteiger partial charge in [-0.15, -0.1) is 0 Å².